The summed E-state index contributed by atoms with van der Waals surface area (Å²) in [6.07, 6.45) is 1.13. The molecular weight excluding hydrogens is 388 g/mol. The Kier molecular flexibility index (Phi) is 6.95. The zero-order valence-electron chi connectivity index (χ0n) is 17.9. The van der Waals surface area contributed by atoms with Crippen molar-refractivity contribution in [1.82, 2.24) is 5.32 Å². The maximum Gasteiger partial charge on any atom is 0.251 e. The summed E-state index contributed by atoms with van der Waals surface area (Å²) in [5.74, 6) is 0.530. The lowest BCUT2D eigenvalue weighted by molar-refractivity contribution is 0.0947. The number of anilines is 1. The van der Waals surface area contributed by atoms with Gasteiger partial charge in [-0.25, -0.2) is 8.42 Å². The van der Waals surface area contributed by atoms with Crippen molar-refractivity contribution in [1.29, 1.82) is 0 Å². The Bertz CT molecular complexity index is 979. The summed E-state index contributed by atoms with van der Waals surface area (Å²) in [7, 11) is -1.93. The molecule has 0 radical (unpaired) electrons. The van der Waals surface area contributed by atoms with E-state index in [4.69, 9.17) is 4.74 Å². The molecule has 0 aromatic heterocycles. The van der Waals surface area contributed by atoms with Crippen molar-refractivity contribution < 1.29 is 17.9 Å². The SMILES string of the molecule is Cc1ccc(C(=O)NCCOc2ccccc2C(C)(C)C)cc1N(C)S(C)(=O)=O. The summed E-state index contributed by atoms with van der Waals surface area (Å²) < 4.78 is 30.7. The van der Waals surface area contributed by atoms with E-state index in [0.717, 1.165) is 23.1 Å². The predicted octanol–water partition coefficient (Wildman–Crippen LogP) is 3.50. The van der Waals surface area contributed by atoms with Gasteiger partial charge in [0, 0.05) is 12.6 Å². The Hall–Kier alpha value is -2.54. The first-order chi connectivity index (χ1) is 13.4. The molecule has 29 heavy (non-hydrogen) atoms. The second kappa shape index (κ2) is 8.86. The monoisotopic (exact) mass is 418 g/mol. The number of ether oxygens (including phenoxy) is 1. The highest BCUT2D eigenvalue weighted by atomic mass is 32.2. The summed E-state index contributed by atoms with van der Waals surface area (Å²) in [5, 5.41) is 2.82. The molecule has 0 aliphatic heterocycles. The fourth-order valence-electron chi connectivity index (χ4n) is 2.91. The van der Waals surface area contributed by atoms with Crippen LogP contribution in [0.1, 0.15) is 42.3 Å². The van der Waals surface area contributed by atoms with Crippen LogP contribution in [0.15, 0.2) is 42.5 Å². The lowest BCUT2D eigenvalue weighted by Gasteiger charge is -2.22. The minimum Gasteiger partial charge on any atom is -0.491 e. The summed E-state index contributed by atoms with van der Waals surface area (Å²) in [4.78, 5) is 12.5. The Morgan fingerprint density at radius 1 is 1.14 bits per heavy atom. The van der Waals surface area contributed by atoms with Gasteiger partial charge >= 0.3 is 0 Å². The molecule has 2 aromatic rings. The van der Waals surface area contributed by atoms with Crippen molar-refractivity contribution in [2.45, 2.75) is 33.1 Å². The van der Waals surface area contributed by atoms with Gasteiger partial charge in [0.25, 0.3) is 5.91 Å². The fraction of sp³-hybridized carbons (Fsp3) is 0.409. The second-order valence-electron chi connectivity index (χ2n) is 8.08. The van der Waals surface area contributed by atoms with Gasteiger partial charge in [-0.15, -0.1) is 0 Å². The average molecular weight is 419 g/mol. The quantitative estimate of drug-likeness (QED) is 0.699. The number of carbonyl (C=O) groups excluding carboxylic acids is 1. The summed E-state index contributed by atoms with van der Waals surface area (Å²) in [5.41, 5.74) is 2.73. The zero-order chi connectivity index (χ0) is 21.8. The standard InChI is InChI=1S/C22H30N2O4S/c1-16-11-12-17(15-19(16)24(5)29(6,26)27)21(25)23-13-14-28-20-10-8-7-9-18(20)22(2,3)4/h7-12,15H,13-14H2,1-6H3,(H,23,25). The van der Waals surface area contributed by atoms with Crippen molar-refractivity contribution in [2.75, 3.05) is 30.8 Å². The highest BCUT2D eigenvalue weighted by Crippen LogP contribution is 2.30. The van der Waals surface area contributed by atoms with Gasteiger partial charge in [0.1, 0.15) is 12.4 Å². The molecule has 0 saturated carbocycles. The largest absolute Gasteiger partial charge is 0.491 e. The summed E-state index contributed by atoms with van der Waals surface area (Å²) in [6.45, 7) is 8.85. The smallest absolute Gasteiger partial charge is 0.251 e. The minimum absolute atomic E-state index is 0.0379. The molecule has 158 valence electrons. The number of nitrogens with one attached hydrogen (secondary N) is 1. The number of carbonyl (C=O) groups is 1. The van der Waals surface area contributed by atoms with E-state index in [-0.39, 0.29) is 11.3 Å². The summed E-state index contributed by atoms with van der Waals surface area (Å²) in [6, 6.07) is 12.9. The molecule has 1 N–H and O–H groups in total. The molecule has 0 bridgehead atoms. The van der Waals surface area contributed by atoms with Crippen molar-refractivity contribution in [3.63, 3.8) is 0 Å². The fourth-order valence-corrected chi connectivity index (χ4v) is 3.46. The Labute approximate surface area is 173 Å². The molecule has 6 nitrogen and oxygen atoms in total. The van der Waals surface area contributed by atoms with Gasteiger partial charge in [-0.3, -0.25) is 9.10 Å². The van der Waals surface area contributed by atoms with E-state index in [9.17, 15) is 13.2 Å². The van der Waals surface area contributed by atoms with E-state index >= 15 is 0 Å². The number of hydrogen-bond acceptors (Lipinski definition) is 4. The molecule has 2 rings (SSSR count). The Balaban J connectivity index is 2.01. The number of aryl methyl sites for hydroxylation is 1. The van der Waals surface area contributed by atoms with Crippen LogP contribution in [0, 0.1) is 6.92 Å². The molecule has 0 unspecified atom stereocenters. The number of benzene rings is 2. The van der Waals surface area contributed by atoms with Gasteiger partial charge in [-0.2, -0.15) is 0 Å². The minimum atomic E-state index is -3.41. The maximum atomic E-state index is 12.5. The van der Waals surface area contributed by atoms with E-state index < -0.39 is 10.0 Å². The molecular formula is C22H30N2O4S. The number of sulfonamides is 1. The Morgan fingerprint density at radius 2 is 1.79 bits per heavy atom. The van der Waals surface area contributed by atoms with Gasteiger partial charge in [-0.1, -0.05) is 45.0 Å². The predicted molar refractivity (Wildman–Crippen MR) is 117 cm³/mol. The van der Waals surface area contributed by atoms with Crippen LogP contribution in [0.3, 0.4) is 0 Å². The summed E-state index contributed by atoms with van der Waals surface area (Å²) >= 11 is 0. The van der Waals surface area contributed by atoms with Crippen molar-refractivity contribution in [2.24, 2.45) is 0 Å². The van der Waals surface area contributed by atoms with Gasteiger partial charge in [0.05, 0.1) is 18.5 Å². The van der Waals surface area contributed by atoms with Crippen LogP contribution in [0.5, 0.6) is 5.75 Å². The van der Waals surface area contributed by atoms with Crippen LogP contribution in [-0.4, -0.2) is 40.8 Å². The first-order valence-corrected chi connectivity index (χ1v) is 11.3. The third-order valence-corrected chi connectivity index (χ3v) is 5.84. The molecule has 2 aromatic carbocycles. The third-order valence-electron chi connectivity index (χ3n) is 4.65. The number of amides is 1. The maximum absolute atomic E-state index is 12.5. The van der Waals surface area contributed by atoms with E-state index in [2.05, 4.69) is 26.1 Å². The number of rotatable bonds is 7. The first kappa shape index (κ1) is 22.7. The average Bonchev–Trinajstić information content (AvgIpc) is 2.63. The number of nitrogens with zero attached hydrogens (tertiary/aromatic N) is 1. The molecule has 7 heteroatoms. The first-order valence-electron chi connectivity index (χ1n) is 9.46. The molecule has 0 spiro atoms. The molecule has 0 heterocycles. The molecule has 0 aliphatic rings. The van der Waals surface area contributed by atoms with Crippen molar-refractivity contribution >= 4 is 21.6 Å². The van der Waals surface area contributed by atoms with Crippen LogP contribution in [0.2, 0.25) is 0 Å². The van der Waals surface area contributed by atoms with Gasteiger partial charge < -0.3 is 10.1 Å². The van der Waals surface area contributed by atoms with Crippen molar-refractivity contribution in [3.8, 4) is 5.75 Å². The Morgan fingerprint density at radius 3 is 2.41 bits per heavy atom. The number of para-hydroxylation sites is 1. The van der Waals surface area contributed by atoms with Gasteiger partial charge in [0.2, 0.25) is 10.0 Å². The van der Waals surface area contributed by atoms with Crippen LogP contribution < -0.4 is 14.4 Å². The zero-order valence-corrected chi connectivity index (χ0v) is 18.8. The second-order valence-corrected chi connectivity index (χ2v) is 10.1. The number of hydrogen-bond donors (Lipinski definition) is 1. The van der Waals surface area contributed by atoms with Gasteiger partial charge in [-0.05, 0) is 41.7 Å². The van der Waals surface area contributed by atoms with E-state index in [1.165, 1.54) is 11.4 Å². The van der Waals surface area contributed by atoms with Crippen molar-refractivity contribution in [3.05, 3.63) is 59.2 Å². The third kappa shape index (κ3) is 5.97. The molecule has 0 atom stereocenters. The van der Waals surface area contributed by atoms with E-state index in [1.54, 1.807) is 25.1 Å². The van der Waals surface area contributed by atoms with Crippen LogP contribution in [0.25, 0.3) is 0 Å². The van der Waals surface area contributed by atoms with Crippen LogP contribution >= 0.6 is 0 Å². The molecule has 0 fully saturated rings. The highest BCUT2D eigenvalue weighted by Gasteiger charge is 2.19. The highest BCUT2D eigenvalue weighted by molar-refractivity contribution is 7.92. The normalized spacial score (nSPS) is 11.8. The van der Waals surface area contributed by atoms with E-state index in [0.29, 0.717) is 24.4 Å². The van der Waals surface area contributed by atoms with E-state index in [1.807, 2.05) is 24.3 Å². The lowest BCUT2D eigenvalue weighted by Crippen LogP contribution is -2.29. The topological polar surface area (TPSA) is 75.7 Å². The lowest BCUT2D eigenvalue weighted by atomic mass is 9.86. The molecule has 1 amide bonds. The van der Waals surface area contributed by atoms with Crippen LogP contribution in [-0.2, 0) is 15.4 Å². The molecule has 0 saturated heterocycles. The van der Waals surface area contributed by atoms with Crippen LogP contribution in [0.4, 0.5) is 5.69 Å². The van der Waals surface area contributed by atoms with Gasteiger partial charge in [0.15, 0.2) is 0 Å². The molecule has 0 aliphatic carbocycles.